The van der Waals surface area contributed by atoms with Crippen LogP contribution in [0.1, 0.15) is 13.3 Å². The number of carbonyl (C=O) groups excluding carboxylic acids is 2. The molecule has 7 heteroatoms. The zero-order valence-corrected chi connectivity index (χ0v) is 9.52. The number of nitrogens with zero attached hydrogens (tertiary/aromatic N) is 1. The Labute approximate surface area is 93.4 Å². The van der Waals surface area contributed by atoms with Gasteiger partial charge < -0.3 is 20.1 Å². The Hall–Kier alpha value is -1.79. The van der Waals surface area contributed by atoms with Crippen molar-refractivity contribution in [3.8, 4) is 0 Å². The smallest absolute Gasteiger partial charge is 0.325 e. The van der Waals surface area contributed by atoms with Gasteiger partial charge in [-0.1, -0.05) is 0 Å². The van der Waals surface area contributed by atoms with Crippen LogP contribution < -0.4 is 5.32 Å². The van der Waals surface area contributed by atoms with Crippen molar-refractivity contribution in [2.45, 2.75) is 19.4 Å². The average molecular weight is 232 g/mol. The first kappa shape index (κ1) is 14.2. The van der Waals surface area contributed by atoms with E-state index in [2.05, 4.69) is 10.1 Å². The van der Waals surface area contributed by atoms with Gasteiger partial charge in [0.25, 0.3) is 0 Å². The van der Waals surface area contributed by atoms with Crippen LogP contribution in [0.4, 0.5) is 4.79 Å². The molecule has 1 atom stereocenters. The molecule has 7 nitrogen and oxygen atoms in total. The van der Waals surface area contributed by atoms with Crippen molar-refractivity contribution in [1.29, 1.82) is 0 Å². The number of methoxy groups -OCH3 is 1. The molecule has 0 aliphatic heterocycles. The average Bonchev–Trinajstić information content (AvgIpc) is 2.24. The molecule has 92 valence electrons. The fourth-order valence-corrected chi connectivity index (χ4v) is 0.820. The van der Waals surface area contributed by atoms with Gasteiger partial charge in [0.2, 0.25) is 0 Å². The molecule has 16 heavy (non-hydrogen) atoms. The number of amides is 2. The number of rotatable bonds is 5. The molecule has 0 aliphatic carbocycles. The zero-order valence-electron chi connectivity index (χ0n) is 9.52. The lowest BCUT2D eigenvalue weighted by molar-refractivity contribution is -0.141. The van der Waals surface area contributed by atoms with Crippen LogP contribution in [-0.4, -0.2) is 54.7 Å². The molecule has 0 saturated carbocycles. The van der Waals surface area contributed by atoms with Gasteiger partial charge in [-0.2, -0.15) is 0 Å². The third-order valence-corrected chi connectivity index (χ3v) is 1.94. The number of hydrogen-bond acceptors (Lipinski definition) is 4. The Morgan fingerprint density at radius 1 is 1.44 bits per heavy atom. The van der Waals surface area contributed by atoms with Gasteiger partial charge in [-0.05, 0) is 6.92 Å². The van der Waals surface area contributed by atoms with E-state index in [1.165, 1.54) is 26.0 Å². The van der Waals surface area contributed by atoms with Crippen LogP contribution in [0.2, 0.25) is 0 Å². The van der Waals surface area contributed by atoms with Crippen molar-refractivity contribution in [3.05, 3.63) is 0 Å². The van der Waals surface area contributed by atoms with Crippen molar-refractivity contribution in [1.82, 2.24) is 10.2 Å². The zero-order chi connectivity index (χ0) is 12.7. The van der Waals surface area contributed by atoms with Crippen LogP contribution in [0.25, 0.3) is 0 Å². The summed E-state index contributed by atoms with van der Waals surface area (Å²) < 4.78 is 4.41. The molecule has 0 aromatic heterocycles. The Morgan fingerprint density at radius 3 is 2.44 bits per heavy atom. The molecular weight excluding hydrogens is 216 g/mol. The van der Waals surface area contributed by atoms with Crippen LogP contribution >= 0.6 is 0 Å². The second-order valence-electron chi connectivity index (χ2n) is 3.26. The molecule has 0 aromatic rings. The van der Waals surface area contributed by atoms with Crippen LogP contribution in [-0.2, 0) is 14.3 Å². The molecular formula is C9H16N2O5. The van der Waals surface area contributed by atoms with Crippen molar-refractivity contribution >= 4 is 18.0 Å². The summed E-state index contributed by atoms with van der Waals surface area (Å²) in [6.45, 7) is 1.53. The molecule has 2 N–H and O–H groups in total. The summed E-state index contributed by atoms with van der Waals surface area (Å²) in [5.41, 5.74) is 0. The minimum Gasteiger partial charge on any atom is -0.480 e. The third-order valence-electron chi connectivity index (χ3n) is 1.94. The summed E-state index contributed by atoms with van der Waals surface area (Å²) in [6, 6.07) is -1.51. The fourth-order valence-electron chi connectivity index (χ4n) is 0.820. The molecule has 0 rings (SSSR count). The lowest BCUT2D eigenvalue weighted by Gasteiger charge is -2.18. The van der Waals surface area contributed by atoms with Gasteiger partial charge in [0.15, 0.2) is 0 Å². The van der Waals surface area contributed by atoms with E-state index in [1.54, 1.807) is 0 Å². The molecule has 0 fully saturated rings. The highest BCUT2D eigenvalue weighted by atomic mass is 16.5. The Kier molecular flexibility index (Phi) is 5.91. The first-order valence-corrected chi connectivity index (χ1v) is 4.69. The number of nitrogens with one attached hydrogen (secondary N) is 1. The summed E-state index contributed by atoms with van der Waals surface area (Å²) in [5.74, 6) is -1.54. The second kappa shape index (κ2) is 6.65. The molecule has 0 aromatic carbocycles. The normalized spacial score (nSPS) is 11.4. The standard InChI is InChI=1S/C9H16N2O5/c1-6(8(13)14)10-9(15)11(2)5-4-7(12)16-3/h6H,4-5H2,1-3H3,(H,10,15)(H,13,14). The quantitative estimate of drug-likeness (QED) is 0.632. The number of carboxylic acid groups (broad SMARTS) is 1. The molecule has 0 heterocycles. The first-order chi connectivity index (χ1) is 7.38. The number of carboxylic acids is 1. The van der Waals surface area contributed by atoms with E-state index in [9.17, 15) is 14.4 Å². The monoisotopic (exact) mass is 232 g/mol. The van der Waals surface area contributed by atoms with E-state index in [-0.39, 0.29) is 13.0 Å². The van der Waals surface area contributed by atoms with Crippen molar-refractivity contribution < 1.29 is 24.2 Å². The maximum atomic E-state index is 11.4. The lowest BCUT2D eigenvalue weighted by atomic mass is 10.3. The second-order valence-corrected chi connectivity index (χ2v) is 3.26. The fraction of sp³-hybridized carbons (Fsp3) is 0.667. The number of ether oxygens (including phenoxy) is 1. The molecule has 2 amide bonds. The van der Waals surface area contributed by atoms with Crippen LogP contribution in [0.5, 0.6) is 0 Å². The summed E-state index contributed by atoms with van der Waals surface area (Å²) in [4.78, 5) is 33.8. The predicted molar refractivity (Wildman–Crippen MR) is 54.9 cm³/mol. The molecule has 0 spiro atoms. The highest BCUT2D eigenvalue weighted by molar-refractivity contribution is 5.82. The summed E-state index contributed by atoms with van der Waals surface area (Å²) in [7, 11) is 2.72. The van der Waals surface area contributed by atoms with E-state index in [4.69, 9.17) is 5.11 Å². The van der Waals surface area contributed by atoms with Crippen molar-refractivity contribution in [2.75, 3.05) is 20.7 Å². The van der Waals surface area contributed by atoms with Crippen molar-refractivity contribution in [3.63, 3.8) is 0 Å². The van der Waals surface area contributed by atoms with E-state index >= 15 is 0 Å². The molecule has 1 unspecified atom stereocenters. The van der Waals surface area contributed by atoms with Gasteiger partial charge in [-0.25, -0.2) is 4.79 Å². The number of urea groups is 1. The Bertz CT molecular complexity index is 279. The SMILES string of the molecule is COC(=O)CCN(C)C(=O)NC(C)C(=O)O. The Morgan fingerprint density at radius 2 is 2.00 bits per heavy atom. The third kappa shape index (κ3) is 5.18. The minimum atomic E-state index is -1.12. The van der Waals surface area contributed by atoms with Crippen molar-refractivity contribution in [2.24, 2.45) is 0 Å². The maximum absolute atomic E-state index is 11.4. The number of aliphatic carboxylic acids is 1. The Balaban J connectivity index is 3.99. The van der Waals surface area contributed by atoms with E-state index in [0.717, 1.165) is 0 Å². The van der Waals surface area contributed by atoms with Crippen LogP contribution in [0.3, 0.4) is 0 Å². The first-order valence-electron chi connectivity index (χ1n) is 4.69. The molecule has 0 aliphatic rings. The number of esters is 1. The van der Waals surface area contributed by atoms with Gasteiger partial charge in [0.05, 0.1) is 13.5 Å². The molecule has 0 bridgehead atoms. The number of hydrogen-bond donors (Lipinski definition) is 2. The predicted octanol–water partition coefficient (Wildman–Crippen LogP) is -0.336. The number of carbonyl (C=O) groups is 3. The lowest BCUT2D eigenvalue weighted by Crippen LogP contribution is -2.45. The van der Waals surface area contributed by atoms with Gasteiger partial charge >= 0.3 is 18.0 Å². The topological polar surface area (TPSA) is 95.9 Å². The van der Waals surface area contributed by atoms with Crippen LogP contribution in [0.15, 0.2) is 0 Å². The van der Waals surface area contributed by atoms with Gasteiger partial charge in [0.1, 0.15) is 6.04 Å². The summed E-state index contributed by atoms with van der Waals surface area (Å²) >= 11 is 0. The van der Waals surface area contributed by atoms with Crippen LogP contribution in [0, 0.1) is 0 Å². The summed E-state index contributed by atoms with van der Waals surface area (Å²) in [6.07, 6.45) is 0.0713. The minimum absolute atomic E-state index is 0.0713. The largest absolute Gasteiger partial charge is 0.480 e. The van der Waals surface area contributed by atoms with Gasteiger partial charge in [0, 0.05) is 13.6 Å². The van der Waals surface area contributed by atoms with E-state index in [1.807, 2.05) is 0 Å². The summed E-state index contributed by atoms with van der Waals surface area (Å²) in [5, 5.41) is 10.8. The molecule has 0 saturated heterocycles. The maximum Gasteiger partial charge on any atom is 0.325 e. The highest BCUT2D eigenvalue weighted by Crippen LogP contribution is 1.92. The molecule has 0 radical (unpaired) electrons. The van der Waals surface area contributed by atoms with Gasteiger partial charge in [-0.15, -0.1) is 0 Å². The van der Waals surface area contributed by atoms with Gasteiger partial charge in [-0.3, -0.25) is 9.59 Å². The highest BCUT2D eigenvalue weighted by Gasteiger charge is 2.17. The van der Waals surface area contributed by atoms with E-state index in [0.29, 0.717) is 0 Å². The van der Waals surface area contributed by atoms with E-state index < -0.39 is 24.0 Å².